The molecule has 2 rings (SSSR count). The Morgan fingerprint density at radius 1 is 1.00 bits per heavy atom. The van der Waals surface area contributed by atoms with Gasteiger partial charge in [-0.3, -0.25) is 0 Å². The maximum atomic E-state index is 6.61. The second-order valence-electron chi connectivity index (χ2n) is 5.77. The Morgan fingerprint density at radius 3 is 2.19 bits per heavy atom. The number of hydrogen-bond donors (Lipinski definition) is 1. The molecule has 4 nitrogen and oxygen atoms in total. The van der Waals surface area contributed by atoms with Crippen molar-refractivity contribution in [1.82, 2.24) is 0 Å². The van der Waals surface area contributed by atoms with Crippen molar-refractivity contribution in [3.63, 3.8) is 0 Å². The third-order valence-corrected chi connectivity index (χ3v) is 4.70. The Morgan fingerprint density at radius 2 is 1.67 bits per heavy atom. The molecule has 1 aliphatic carbocycles. The average molecular weight is 293 g/mol. The summed E-state index contributed by atoms with van der Waals surface area (Å²) in [4.78, 5) is 0. The van der Waals surface area contributed by atoms with Gasteiger partial charge in [0.1, 0.15) is 11.5 Å². The van der Waals surface area contributed by atoms with Gasteiger partial charge in [-0.1, -0.05) is 25.7 Å². The highest BCUT2D eigenvalue weighted by atomic mass is 16.5. The molecule has 1 unspecified atom stereocenters. The lowest BCUT2D eigenvalue weighted by atomic mass is 9.82. The second kappa shape index (κ2) is 7.14. The number of hydrogen-bond acceptors (Lipinski definition) is 4. The van der Waals surface area contributed by atoms with E-state index in [1.807, 2.05) is 18.2 Å². The van der Waals surface area contributed by atoms with E-state index in [1.54, 1.807) is 21.3 Å². The molecular formula is C17H27NO3. The standard InChI is InChI=1S/C17H27NO3/c1-19-13-8-9-14(15(12-13)20-2)16(18)17(21-3)10-6-4-5-7-11-17/h8-9,12,16H,4-7,10-11,18H2,1-3H3. The van der Waals surface area contributed by atoms with E-state index in [4.69, 9.17) is 19.9 Å². The molecule has 2 N–H and O–H groups in total. The van der Waals surface area contributed by atoms with Crippen molar-refractivity contribution >= 4 is 0 Å². The Balaban J connectivity index is 2.34. The molecule has 1 saturated carbocycles. The zero-order chi connectivity index (χ0) is 15.3. The van der Waals surface area contributed by atoms with Gasteiger partial charge in [0.15, 0.2) is 0 Å². The molecule has 21 heavy (non-hydrogen) atoms. The van der Waals surface area contributed by atoms with Gasteiger partial charge in [0.2, 0.25) is 0 Å². The van der Waals surface area contributed by atoms with Gasteiger partial charge in [0.25, 0.3) is 0 Å². The maximum absolute atomic E-state index is 6.61. The summed E-state index contributed by atoms with van der Waals surface area (Å²) < 4.78 is 16.7. The highest BCUT2D eigenvalue weighted by molar-refractivity contribution is 5.43. The molecule has 0 bridgehead atoms. The van der Waals surface area contributed by atoms with Gasteiger partial charge >= 0.3 is 0 Å². The lowest BCUT2D eigenvalue weighted by Gasteiger charge is -2.38. The van der Waals surface area contributed by atoms with Gasteiger partial charge in [0.05, 0.1) is 25.9 Å². The van der Waals surface area contributed by atoms with Crippen LogP contribution in [0.15, 0.2) is 18.2 Å². The van der Waals surface area contributed by atoms with Crippen LogP contribution in [0.1, 0.15) is 50.1 Å². The fraction of sp³-hybridized carbons (Fsp3) is 0.647. The number of ether oxygens (including phenoxy) is 3. The van der Waals surface area contributed by atoms with Crippen LogP contribution >= 0.6 is 0 Å². The predicted molar refractivity (Wildman–Crippen MR) is 83.9 cm³/mol. The van der Waals surface area contributed by atoms with Crippen molar-refractivity contribution in [3.05, 3.63) is 23.8 Å². The molecule has 1 fully saturated rings. The number of benzene rings is 1. The van der Waals surface area contributed by atoms with Crippen molar-refractivity contribution in [2.75, 3.05) is 21.3 Å². The van der Waals surface area contributed by atoms with Crippen LogP contribution in [0.25, 0.3) is 0 Å². The zero-order valence-electron chi connectivity index (χ0n) is 13.4. The van der Waals surface area contributed by atoms with Gasteiger partial charge in [-0.25, -0.2) is 0 Å². The highest BCUT2D eigenvalue weighted by Gasteiger charge is 2.39. The summed E-state index contributed by atoms with van der Waals surface area (Å²) in [5.41, 5.74) is 7.30. The summed E-state index contributed by atoms with van der Waals surface area (Å²) in [5.74, 6) is 1.54. The maximum Gasteiger partial charge on any atom is 0.127 e. The Bertz CT molecular complexity index is 453. The summed E-state index contributed by atoms with van der Waals surface area (Å²) in [6.07, 6.45) is 6.86. The van der Waals surface area contributed by atoms with Gasteiger partial charge in [-0.15, -0.1) is 0 Å². The van der Waals surface area contributed by atoms with Crippen molar-refractivity contribution in [1.29, 1.82) is 0 Å². The van der Waals surface area contributed by atoms with Gasteiger partial charge in [-0.05, 0) is 25.0 Å². The molecule has 0 aromatic heterocycles. The lowest BCUT2D eigenvalue weighted by Crippen LogP contribution is -2.42. The fourth-order valence-corrected chi connectivity index (χ4v) is 3.33. The van der Waals surface area contributed by atoms with Crippen LogP contribution < -0.4 is 15.2 Å². The minimum absolute atomic E-state index is 0.193. The average Bonchev–Trinajstić information content (AvgIpc) is 2.80. The van der Waals surface area contributed by atoms with E-state index in [0.29, 0.717) is 0 Å². The highest BCUT2D eigenvalue weighted by Crippen LogP contribution is 2.42. The zero-order valence-corrected chi connectivity index (χ0v) is 13.4. The topological polar surface area (TPSA) is 53.7 Å². The summed E-state index contributed by atoms with van der Waals surface area (Å²) in [7, 11) is 5.09. The van der Waals surface area contributed by atoms with Gasteiger partial charge in [0, 0.05) is 18.7 Å². The largest absolute Gasteiger partial charge is 0.497 e. The fourth-order valence-electron chi connectivity index (χ4n) is 3.33. The van der Waals surface area contributed by atoms with E-state index in [0.717, 1.165) is 29.9 Å². The summed E-state index contributed by atoms with van der Waals surface area (Å²) >= 11 is 0. The monoisotopic (exact) mass is 293 g/mol. The summed E-state index contributed by atoms with van der Waals surface area (Å²) in [6.45, 7) is 0. The normalized spacial score (nSPS) is 19.6. The Hall–Kier alpha value is -1.26. The molecule has 0 saturated heterocycles. The smallest absolute Gasteiger partial charge is 0.127 e. The van der Waals surface area contributed by atoms with Crippen LogP contribution in [0.3, 0.4) is 0 Å². The molecule has 0 spiro atoms. The van der Waals surface area contributed by atoms with Crippen LogP contribution in [-0.4, -0.2) is 26.9 Å². The molecule has 0 amide bonds. The first-order chi connectivity index (χ1) is 10.2. The van der Waals surface area contributed by atoms with Crippen molar-refractivity contribution in [2.24, 2.45) is 5.73 Å². The molecule has 0 aliphatic heterocycles. The first-order valence-electron chi connectivity index (χ1n) is 7.69. The molecule has 1 aromatic rings. The minimum Gasteiger partial charge on any atom is -0.497 e. The third kappa shape index (κ3) is 3.33. The summed E-state index contributed by atoms with van der Waals surface area (Å²) in [5, 5.41) is 0. The minimum atomic E-state index is -0.293. The van der Waals surface area contributed by atoms with Gasteiger partial charge < -0.3 is 19.9 Å². The van der Waals surface area contributed by atoms with Crippen molar-refractivity contribution in [2.45, 2.75) is 50.2 Å². The van der Waals surface area contributed by atoms with Crippen LogP contribution in [-0.2, 0) is 4.74 Å². The van der Waals surface area contributed by atoms with E-state index >= 15 is 0 Å². The number of nitrogens with two attached hydrogens (primary N) is 1. The van der Waals surface area contributed by atoms with E-state index < -0.39 is 0 Å². The molecule has 1 aromatic carbocycles. The van der Waals surface area contributed by atoms with Crippen molar-refractivity contribution < 1.29 is 14.2 Å². The van der Waals surface area contributed by atoms with E-state index in [2.05, 4.69) is 0 Å². The summed E-state index contributed by atoms with van der Waals surface area (Å²) in [6, 6.07) is 5.61. The van der Waals surface area contributed by atoms with E-state index in [-0.39, 0.29) is 11.6 Å². The van der Waals surface area contributed by atoms with E-state index in [9.17, 15) is 0 Å². The second-order valence-corrected chi connectivity index (χ2v) is 5.77. The molecule has 4 heteroatoms. The molecular weight excluding hydrogens is 266 g/mol. The third-order valence-electron chi connectivity index (χ3n) is 4.70. The number of methoxy groups -OCH3 is 3. The Labute approximate surface area is 127 Å². The molecule has 1 atom stereocenters. The van der Waals surface area contributed by atoms with Crippen LogP contribution in [0.4, 0.5) is 0 Å². The van der Waals surface area contributed by atoms with Crippen molar-refractivity contribution in [3.8, 4) is 11.5 Å². The SMILES string of the molecule is COc1ccc(C(N)C2(OC)CCCCCC2)c(OC)c1. The number of rotatable bonds is 5. The van der Waals surface area contributed by atoms with Crippen LogP contribution in [0.2, 0.25) is 0 Å². The first kappa shape index (κ1) is 16.1. The van der Waals surface area contributed by atoms with E-state index in [1.165, 1.54) is 25.7 Å². The van der Waals surface area contributed by atoms with Crippen LogP contribution in [0, 0.1) is 0 Å². The molecule has 0 radical (unpaired) electrons. The predicted octanol–water partition coefficient (Wildman–Crippen LogP) is 3.44. The molecule has 1 aliphatic rings. The first-order valence-corrected chi connectivity index (χ1v) is 7.69. The van der Waals surface area contributed by atoms with Gasteiger partial charge in [-0.2, -0.15) is 0 Å². The van der Waals surface area contributed by atoms with Crippen LogP contribution in [0.5, 0.6) is 11.5 Å². The molecule has 118 valence electrons. The Kier molecular flexibility index (Phi) is 5.48. The molecule has 0 heterocycles. The quantitative estimate of drug-likeness (QED) is 0.845. The lowest BCUT2D eigenvalue weighted by molar-refractivity contribution is -0.0446.